The van der Waals surface area contributed by atoms with Crippen molar-refractivity contribution >= 4 is 33.2 Å². The summed E-state index contributed by atoms with van der Waals surface area (Å²) in [5.41, 5.74) is 2.17. The number of nitrogens with two attached hydrogens (primary N) is 1. The number of hydrogen-bond donors (Lipinski definition) is 1. The van der Waals surface area contributed by atoms with Crippen LogP contribution in [0.5, 0.6) is 0 Å². The summed E-state index contributed by atoms with van der Waals surface area (Å²) in [4.78, 5) is 2.03. The number of rotatable bonds is 3. The zero-order valence-corrected chi connectivity index (χ0v) is 12.0. The van der Waals surface area contributed by atoms with Crippen LogP contribution in [0.25, 0.3) is 0 Å². The lowest BCUT2D eigenvalue weighted by Crippen LogP contribution is -2.35. The van der Waals surface area contributed by atoms with Crippen molar-refractivity contribution in [2.75, 3.05) is 18.8 Å². The molecule has 1 aromatic rings. The van der Waals surface area contributed by atoms with Gasteiger partial charge in [-0.3, -0.25) is 4.90 Å². The number of fused-ring (bicyclic) bond motifs is 1. The summed E-state index contributed by atoms with van der Waals surface area (Å²) in [5.74, 6) is -0.0342. The minimum Gasteiger partial charge on any atom is -0.298 e. The Hall–Kier alpha value is -0.330. The maximum atomic E-state index is 10.9. The third-order valence-electron chi connectivity index (χ3n) is 3.02. The highest BCUT2D eigenvalue weighted by atomic mass is 35.5. The molecule has 1 aromatic carbocycles. The smallest absolute Gasteiger partial charge is 0.210 e. The largest absolute Gasteiger partial charge is 0.298 e. The number of sulfonamides is 1. The molecule has 0 aliphatic carbocycles. The number of primary sulfonamides is 1. The molecule has 18 heavy (non-hydrogen) atoms. The molecule has 2 N–H and O–H groups in total. The fourth-order valence-corrected chi connectivity index (χ4v) is 3.19. The van der Waals surface area contributed by atoms with Crippen molar-refractivity contribution in [3.8, 4) is 0 Å². The highest BCUT2D eigenvalue weighted by molar-refractivity contribution is 7.89. The third kappa shape index (κ3) is 3.59. The van der Waals surface area contributed by atoms with Gasteiger partial charge < -0.3 is 0 Å². The molecule has 0 aromatic heterocycles. The van der Waals surface area contributed by atoms with Gasteiger partial charge in [-0.05, 0) is 29.7 Å². The van der Waals surface area contributed by atoms with Gasteiger partial charge in [0.1, 0.15) is 0 Å². The number of nitrogens with zero attached hydrogens (tertiary/aromatic N) is 1. The molecule has 2 rings (SSSR count). The average Bonchev–Trinajstić information content (AvgIpc) is 2.25. The van der Waals surface area contributed by atoms with Crippen LogP contribution in [0.15, 0.2) is 12.1 Å². The Labute approximate surface area is 117 Å². The molecular weight excluding hydrogens is 295 g/mol. The average molecular weight is 309 g/mol. The van der Waals surface area contributed by atoms with E-state index >= 15 is 0 Å². The second-order valence-corrected chi connectivity index (χ2v) is 7.00. The first-order chi connectivity index (χ1) is 8.35. The molecule has 1 aliphatic rings. The van der Waals surface area contributed by atoms with Gasteiger partial charge in [-0.1, -0.05) is 23.2 Å². The van der Waals surface area contributed by atoms with Crippen molar-refractivity contribution in [3.63, 3.8) is 0 Å². The van der Waals surface area contributed by atoms with Crippen LogP contribution in [0.2, 0.25) is 10.0 Å². The van der Waals surface area contributed by atoms with Gasteiger partial charge in [0.2, 0.25) is 10.0 Å². The minimum atomic E-state index is -3.41. The van der Waals surface area contributed by atoms with Crippen LogP contribution < -0.4 is 5.14 Å². The normalized spacial score (nSPS) is 16.6. The second-order valence-electron chi connectivity index (χ2n) is 4.42. The molecule has 7 heteroatoms. The van der Waals surface area contributed by atoms with E-state index in [1.165, 1.54) is 0 Å². The number of halogens is 2. The van der Waals surface area contributed by atoms with E-state index in [9.17, 15) is 8.42 Å². The lowest BCUT2D eigenvalue weighted by molar-refractivity contribution is 0.269. The van der Waals surface area contributed by atoms with E-state index in [4.69, 9.17) is 28.3 Å². The van der Waals surface area contributed by atoms with Gasteiger partial charge in [-0.15, -0.1) is 0 Å². The van der Waals surface area contributed by atoms with Crippen molar-refractivity contribution in [1.29, 1.82) is 0 Å². The predicted octanol–water partition coefficient (Wildman–Crippen LogP) is 1.64. The fraction of sp³-hybridized carbons (Fsp3) is 0.455. The van der Waals surface area contributed by atoms with E-state index < -0.39 is 10.0 Å². The fourth-order valence-electron chi connectivity index (χ4n) is 2.09. The zero-order chi connectivity index (χ0) is 13.3. The summed E-state index contributed by atoms with van der Waals surface area (Å²) < 4.78 is 21.9. The predicted molar refractivity (Wildman–Crippen MR) is 73.4 cm³/mol. The Kier molecular flexibility index (Phi) is 4.18. The molecule has 0 bridgehead atoms. The molecule has 1 aliphatic heterocycles. The summed E-state index contributed by atoms with van der Waals surface area (Å²) in [7, 11) is -3.41. The van der Waals surface area contributed by atoms with Crippen LogP contribution in [-0.4, -0.2) is 32.2 Å². The van der Waals surface area contributed by atoms with Gasteiger partial charge in [0.15, 0.2) is 0 Å². The Balaban J connectivity index is 2.10. The summed E-state index contributed by atoms with van der Waals surface area (Å²) in [6.07, 6.45) is 0.820. The molecule has 0 saturated carbocycles. The van der Waals surface area contributed by atoms with Crippen LogP contribution in [0.1, 0.15) is 11.1 Å². The minimum absolute atomic E-state index is 0.0342. The lowest BCUT2D eigenvalue weighted by atomic mass is 10.00. The Morgan fingerprint density at radius 2 is 2.06 bits per heavy atom. The van der Waals surface area contributed by atoms with Gasteiger partial charge in [-0.2, -0.15) is 0 Å². The van der Waals surface area contributed by atoms with Crippen molar-refractivity contribution in [3.05, 3.63) is 33.3 Å². The van der Waals surface area contributed by atoms with Gasteiger partial charge in [0, 0.05) is 29.7 Å². The van der Waals surface area contributed by atoms with Crippen LogP contribution in [0.4, 0.5) is 0 Å². The van der Waals surface area contributed by atoms with Gasteiger partial charge >= 0.3 is 0 Å². The maximum absolute atomic E-state index is 10.9. The first-order valence-corrected chi connectivity index (χ1v) is 8.02. The molecular formula is C11H14Cl2N2O2S. The van der Waals surface area contributed by atoms with Crippen molar-refractivity contribution < 1.29 is 8.42 Å². The summed E-state index contributed by atoms with van der Waals surface area (Å²) >= 11 is 12.1. The van der Waals surface area contributed by atoms with Gasteiger partial charge in [0.25, 0.3) is 0 Å². The second kappa shape index (κ2) is 5.35. The van der Waals surface area contributed by atoms with Crippen LogP contribution in [-0.2, 0) is 23.0 Å². The van der Waals surface area contributed by atoms with E-state index in [0.717, 1.165) is 24.1 Å². The van der Waals surface area contributed by atoms with Crippen LogP contribution in [0, 0.1) is 0 Å². The molecule has 4 nitrogen and oxygen atoms in total. The standard InChI is InChI=1S/C11H14Cl2N2O2S/c12-9-5-8-1-2-15(3-4-18(14,16)17)7-10(8)11(13)6-9/h5-6H,1-4,7H2,(H2,14,16,17). The number of hydrogen-bond acceptors (Lipinski definition) is 3. The quantitative estimate of drug-likeness (QED) is 0.923. The van der Waals surface area contributed by atoms with Crippen molar-refractivity contribution in [2.24, 2.45) is 5.14 Å². The Morgan fingerprint density at radius 3 is 2.72 bits per heavy atom. The van der Waals surface area contributed by atoms with Gasteiger partial charge in [-0.25, -0.2) is 13.6 Å². The lowest BCUT2D eigenvalue weighted by Gasteiger charge is -2.29. The van der Waals surface area contributed by atoms with E-state index in [0.29, 0.717) is 23.1 Å². The molecule has 0 radical (unpaired) electrons. The Bertz CT molecular complexity index is 560. The van der Waals surface area contributed by atoms with Crippen molar-refractivity contribution in [1.82, 2.24) is 4.90 Å². The SMILES string of the molecule is NS(=O)(=O)CCN1CCc2cc(Cl)cc(Cl)c2C1. The first kappa shape index (κ1) is 14.1. The van der Waals surface area contributed by atoms with Crippen LogP contribution in [0.3, 0.4) is 0 Å². The van der Waals surface area contributed by atoms with Crippen molar-refractivity contribution in [2.45, 2.75) is 13.0 Å². The highest BCUT2D eigenvalue weighted by Gasteiger charge is 2.20. The summed E-state index contributed by atoms with van der Waals surface area (Å²) in [6, 6.07) is 3.63. The summed E-state index contributed by atoms with van der Waals surface area (Å²) in [5, 5.41) is 6.27. The van der Waals surface area contributed by atoms with E-state index in [1.54, 1.807) is 6.07 Å². The van der Waals surface area contributed by atoms with E-state index in [2.05, 4.69) is 0 Å². The van der Waals surface area contributed by atoms with E-state index in [-0.39, 0.29) is 5.75 Å². The molecule has 0 spiro atoms. The molecule has 0 unspecified atom stereocenters. The molecule has 0 fully saturated rings. The van der Waals surface area contributed by atoms with Crippen LogP contribution >= 0.6 is 23.2 Å². The van der Waals surface area contributed by atoms with Gasteiger partial charge in [0.05, 0.1) is 5.75 Å². The zero-order valence-electron chi connectivity index (χ0n) is 9.70. The first-order valence-electron chi connectivity index (χ1n) is 5.55. The summed E-state index contributed by atoms with van der Waals surface area (Å²) in [6.45, 7) is 1.86. The third-order valence-corrected chi connectivity index (χ3v) is 4.33. The van der Waals surface area contributed by atoms with E-state index in [1.807, 2.05) is 11.0 Å². The monoisotopic (exact) mass is 308 g/mol. The molecule has 0 atom stereocenters. The highest BCUT2D eigenvalue weighted by Crippen LogP contribution is 2.29. The number of benzene rings is 1. The molecule has 0 saturated heterocycles. The topological polar surface area (TPSA) is 63.4 Å². The molecule has 0 amide bonds. The Morgan fingerprint density at radius 1 is 1.33 bits per heavy atom. The molecule has 100 valence electrons. The maximum Gasteiger partial charge on any atom is 0.210 e. The molecule has 1 heterocycles.